The number of hydrogen-bond donors (Lipinski definition) is 1. The number of unbranched alkanes of at least 4 members (excludes halogenated alkanes) is 3. The lowest BCUT2D eigenvalue weighted by atomic mass is 10.1. The van der Waals surface area contributed by atoms with E-state index in [0.29, 0.717) is 25.7 Å². The number of nitrogens with zero attached hydrogens (tertiary/aromatic N) is 1. The molecule has 1 N–H and O–H groups in total. The fourth-order valence-corrected chi connectivity index (χ4v) is 1.94. The molecule has 22 heavy (non-hydrogen) atoms. The van der Waals surface area contributed by atoms with Crippen LogP contribution in [0.15, 0.2) is 0 Å². The van der Waals surface area contributed by atoms with Gasteiger partial charge >= 0.3 is 0 Å². The number of nitrogens with one attached hydrogen (secondary N) is 1. The standard InChI is InChI=1S/C17H34N2O3/c1-5-15(2)22-14-10-12-18-17(21)11-8-6-7-9-13-19(4)16(3)20/h15H,5-14H2,1-4H3,(H,18,21). The Morgan fingerprint density at radius 2 is 1.82 bits per heavy atom. The zero-order valence-electron chi connectivity index (χ0n) is 14.8. The molecule has 0 aromatic rings. The molecule has 0 fully saturated rings. The van der Waals surface area contributed by atoms with Gasteiger partial charge in [0.1, 0.15) is 0 Å². The highest BCUT2D eigenvalue weighted by atomic mass is 16.5. The summed E-state index contributed by atoms with van der Waals surface area (Å²) in [5.41, 5.74) is 0. The zero-order chi connectivity index (χ0) is 16.8. The molecule has 0 aromatic heterocycles. The van der Waals surface area contributed by atoms with Crippen LogP contribution in [0.25, 0.3) is 0 Å². The van der Waals surface area contributed by atoms with Crippen LogP contribution in [-0.4, -0.2) is 49.6 Å². The number of ether oxygens (including phenoxy) is 1. The predicted octanol–water partition coefficient (Wildman–Crippen LogP) is 2.74. The summed E-state index contributed by atoms with van der Waals surface area (Å²) in [6, 6.07) is 0. The summed E-state index contributed by atoms with van der Waals surface area (Å²) in [6.07, 6.45) is 6.81. The molecule has 0 aliphatic rings. The fourth-order valence-electron chi connectivity index (χ4n) is 1.94. The van der Waals surface area contributed by atoms with Crippen LogP contribution in [0.3, 0.4) is 0 Å². The van der Waals surface area contributed by atoms with Crippen LogP contribution in [-0.2, 0) is 14.3 Å². The lowest BCUT2D eigenvalue weighted by molar-refractivity contribution is -0.127. The monoisotopic (exact) mass is 314 g/mol. The molecule has 5 nitrogen and oxygen atoms in total. The van der Waals surface area contributed by atoms with Gasteiger partial charge in [0.05, 0.1) is 6.10 Å². The average molecular weight is 314 g/mol. The molecule has 0 aliphatic heterocycles. The maximum absolute atomic E-state index is 11.6. The van der Waals surface area contributed by atoms with Gasteiger partial charge < -0.3 is 15.0 Å². The number of carbonyl (C=O) groups is 2. The van der Waals surface area contributed by atoms with Gasteiger partial charge in [0, 0.05) is 40.1 Å². The van der Waals surface area contributed by atoms with Crippen LogP contribution in [0, 0.1) is 0 Å². The first-order chi connectivity index (χ1) is 10.5. The van der Waals surface area contributed by atoms with Crippen molar-refractivity contribution in [2.75, 3.05) is 26.7 Å². The van der Waals surface area contributed by atoms with Gasteiger partial charge in [0.25, 0.3) is 0 Å². The molecule has 0 saturated heterocycles. The van der Waals surface area contributed by atoms with E-state index in [-0.39, 0.29) is 11.8 Å². The Bertz CT molecular complexity index is 308. The molecule has 130 valence electrons. The zero-order valence-corrected chi connectivity index (χ0v) is 14.8. The molecule has 0 radical (unpaired) electrons. The molecule has 0 heterocycles. The summed E-state index contributed by atoms with van der Waals surface area (Å²) >= 11 is 0. The number of amides is 2. The molecule has 0 aromatic carbocycles. The third-order valence-electron chi connectivity index (χ3n) is 3.81. The van der Waals surface area contributed by atoms with Gasteiger partial charge in [-0.1, -0.05) is 19.8 Å². The van der Waals surface area contributed by atoms with Crippen LogP contribution in [0.5, 0.6) is 0 Å². The summed E-state index contributed by atoms with van der Waals surface area (Å²) in [5, 5.41) is 2.93. The third kappa shape index (κ3) is 12.6. The van der Waals surface area contributed by atoms with Crippen LogP contribution in [0.4, 0.5) is 0 Å². The smallest absolute Gasteiger partial charge is 0.219 e. The Kier molecular flexibility index (Phi) is 12.9. The molecule has 0 bridgehead atoms. The lowest BCUT2D eigenvalue weighted by Gasteiger charge is -2.14. The second-order valence-electron chi connectivity index (χ2n) is 5.90. The van der Waals surface area contributed by atoms with E-state index < -0.39 is 0 Å². The molecule has 0 aliphatic carbocycles. The average Bonchev–Trinajstić information content (AvgIpc) is 2.49. The van der Waals surface area contributed by atoms with E-state index >= 15 is 0 Å². The van der Waals surface area contributed by atoms with E-state index in [1.165, 1.54) is 0 Å². The molecule has 1 atom stereocenters. The van der Waals surface area contributed by atoms with E-state index in [1.807, 2.05) is 7.05 Å². The summed E-state index contributed by atoms with van der Waals surface area (Å²) < 4.78 is 5.56. The minimum absolute atomic E-state index is 0.108. The Morgan fingerprint density at radius 3 is 2.45 bits per heavy atom. The van der Waals surface area contributed by atoms with Crippen LogP contribution >= 0.6 is 0 Å². The summed E-state index contributed by atoms with van der Waals surface area (Å²) in [7, 11) is 1.82. The lowest BCUT2D eigenvalue weighted by Crippen LogP contribution is -2.25. The second-order valence-corrected chi connectivity index (χ2v) is 5.90. The summed E-state index contributed by atoms with van der Waals surface area (Å²) in [4.78, 5) is 24.4. The molecule has 1 unspecified atom stereocenters. The first-order valence-corrected chi connectivity index (χ1v) is 8.57. The number of carbonyl (C=O) groups excluding carboxylic acids is 2. The van der Waals surface area contributed by atoms with Crippen molar-refractivity contribution in [2.24, 2.45) is 0 Å². The van der Waals surface area contributed by atoms with Crippen molar-refractivity contribution in [2.45, 2.75) is 71.8 Å². The van der Waals surface area contributed by atoms with Crippen molar-refractivity contribution in [1.82, 2.24) is 10.2 Å². The predicted molar refractivity (Wildman–Crippen MR) is 89.7 cm³/mol. The van der Waals surface area contributed by atoms with Crippen molar-refractivity contribution < 1.29 is 14.3 Å². The minimum Gasteiger partial charge on any atom is -0.378 e. The summed E-state index contributed by atoms with van der Waals surface area (Å²) in [6.45, 7) is 7.95. The maximum atomic E-state index is 11.6. The highest BCUT2D eigenvalue weighted by Crippen LogP contribution is 2.04. The fraction of sp³-hybridized carbons (Fsp3) is 0.882. The number of hydrogen-bond acceptors (Lipinski definition) is 3. The van der Waals surface area contributed by atoms with Crippen LogP contribution in [0.1, 0.15) is 65.7 Å². The second kappa shape index (κ2) is 13.6. The van der Waals surface area contributed by atoms with Crippen LogP contribution < -0.4 is 5.32 Å². The van der Waals surface area contributed by atoms with Crippen molar-refractivity contribution in [3.8, 4) is 0 Å². The SMILES string of the molecule is CCC(C)OCCCNC(=O)CCCCCCN(C)C(C)=O. The summed E-state index contributed by atoms with van der Waals surface area (Å²) in [5.74, 6) is 0.237. The van der Waals surface area contributed by atoms with E-state index in [0.717, 1.165) is 45.1 Å². The molecule has 2 amide bonds. The molecular weight excluding hydrogens is 280 g/mol. The highest BCUT2D eigenvalue weighted by molar-refractivity contribution is 5.75. The van der Waals surface area contributed by atoms with Gasteiger partial charge in [-0.05, 0) is 32.6 Å². The van der Waals surface area contributed by atoms with Crippen molar-refractivity contribution in [1.29, 1.82) is 0 Å². The van der Waals surface area contributed by atoms with Crippen molar-refractivity contribution >= 4 is 11.8 Å². The molecule has 5 heteroatoms. The first-order valence-electron chi connectivity index (χ1n) is 8.57. The third-order valence-corrected chi connectivity index (χ3v) is 3.81. The van der Waals surface area contributed by atoms with Gasteiger partial charge in [0.2, 0.25) is 11.8 Å². The van der Waals surface area contributed by atoms with Crippen molar-refractivity contribution in [3.63, 3.8) is 0 Å². The normalized spacial score (nSPS) is 12.0. The quantitative estimate of drug-likeness (QED) is 0.532. The largest absolute Gasteiger partial charge is 0.378 e. The van der Waals surface area contributed by atoms with E-state index in [2.05, 4.69) is 19.2 Å². The Balaban J connectivity index is 3.34. The van der Waals surface area contributed by atoms with Gasteiger partial charge in [-0.15, -0.1) is 0 Å². The van der Waals surface area contributed by atoms with E-state index in [1.54, 1.807) is 11.8 Å². The minimum atomic E-state index is 0.108. The molecule has 0 rings (SSSR count). The topological polar surface area (TPSA) is 58.6 Å². The Labute approximate surface area is 135 Å². The Morgan fingerprint density at radius 1 is 1.14 bits per heavy atom. The van der Waals surface area contributed by atoms with Gasteiger partial charge in [0.15, 0.2) is 0 Å². The maximum Gasteiger partial charge on any atom is 0.219 e. The first kappa shape index (κ1) is 20.9. The molecule has 0 spiro atoms. The van der Waals surface area contributed by atoms with E-state index in [9.17, 15) is 9.59 Å². The molecular formula is C17H34N2O3. The highest BCUT2D eigenvalue weighted by Gasteiger charge is 2.03. The van der Waals surface area contributed by atoms with Gasteiger partial charge in [-0.25, -0.2) is 0 Å². The van der Waals surface area contributed by atoms with Gasteiger partial charge in [-0.3, -0.25) is 9.59 Å². The Hall–Kier alpha value is -1.10. The van der Waals surface area contributed by atoms with Gasteiger partial charge in [-0.2, -0.15) is 0 Å². The van der Waals surface area contributed by atoms with Crippen molar-refractivity contribution in [3.05, 3.63) is 0 Å². The van der Waals surface area contributed by atoms with E-state index in [4.69, 9.17) is 4.74 Å². The molecule has 0 saturated carbocycles. The number of rotatable bonds is 13. The van der Waals surface area contributed by atoms with Crippen LogP contribution in [0.2, 0.25) is 0 Å².